The van der Waals surface area contributed by atoms with Crippen molar-refractivity contribution in [3.05, 3.63) is 35.4 Å². The number of esters is 1. The molecule has 1 amide bonds. The molecule has 5 heteroatoms. The molecule has 5 nitrogen and oxygen atoms in total. The number of hydrogen-bond donors (Lipinski definition) is 1. The Hall–Kier alpha value is -2.17. The summed E-state index contributed by atoms with van der Waals surface area (Å²) in [6, 6.07) is 7.18. The third-order valence-electron chi connectivity index (χ3n) is 3.11. The first-order valence-corrected chi connectivity index (χ1v) is 7.70. The SMILES string of the molecule is Cc1ccc(C(=O)CCC(=O)O[C@H](C)C(=O)NC(C)(C)C)cc1. The van der Waals surface area contributed by atoms with E-state index in [0.29, 0.717) is 5.56 Å². The van der Waals surface area contributed by atoms with Crippen molar-refractivity contribution in [1.82, 2.24) is 5.32 Å². The number of ether oxygens (including phenoxy) is 1. The minimum Gasteiger partial charge on any atom is -0.453 e. The summed E-state index contributed by atoms with van der Waals surface area (Å²) in [7, 11) is 0. The minimum absolute atomic E-state index is 0.0418. The van der Waals surface area contributed by atoms with Crippen LogP contribution in [0.1, 0.15) is 56.5 Å². The van der Waals surface area contributed by atoms with E-state index in [1.807, 2.05) is 39.8 Å². The summed E-state index contributed by atoms with van der Waals surface area (Å²) >= 11 is 0. The van der Waals surface area contributed by atoms with E-state index in [2.05, 4.69) is 5.32 Å². The van der Waals surface area contributed by atoms with Crippen molar-refractivity contribution in [2.24, 2.45) is 0 Å². The molecular formula is C18H25NO4. The van der Waals surface area contributed by atoms with Crippen LogP contribution in [0.3, 0.4) is 0 Å². The predicted octanol–water partition coefficient (Wildman–Crippen LogP) is 2.80. The van der Waals surface area contributed by atoms with Crippen LogP contribution in [0.2, 0.25) is 0 Å². The fraction of sp³-hybridized carbons (Fsp3) is 0.500. The zero-order valence-corrected chi connectivity index (χ0v) is 14.4. The highest BCUT2D eigenvalue weighted by Crippen LogP contribution is 2.09. The Bertz CT molecular complexity index is 570. The van der Waals surface area contributed by atoms with Crippen LogP contribution in [0.25, 0.3) is 0 Å². The maximum Gasteiger partial charge on any atom is 0.307 e. The highest BCUT2D eigenvalue weighted by atomic mass is 16.5. The first-order valence-electron chi connectivity index (χ1n) is 7.70. The van der Waals surface area contributed by atoms with Gasteiger partial charge in [0.2, 0.25) is 0 Å². The molecule has 0 aromatic heterocycles. The normalized spacial score (nSPS) is 12.4. The summed E-state index contributed by atoms with van der Waals surface area (Å²) in [5, 5.41) is 2.74. The minimum atomic E-state index is -0.879. The van der Waals surface area contributed by atoms with E-state index in [9.17, 15) is 14.4 Å². The van der Waals surface area contributed by atoms with Crippen LogP contribution < -0.4 is 5.32 Å². The van der Waals surface area contributed by atoms with E-state index >= 15 is 0 Å². The van der Waals surface area contributed by atoms with Gasteiger partial charge in [-0.3, -0.25) is 14.4 Å². The van der Waals surface area contributed by atoms with E-state index < -0.39 is 12.1 Å². The zero-order valence-electron chi connectivity index (χ0n) is 14.4. The summed E-state index contributed by atoms with van der Waals surface area (Å²) in [6.45, 7) is 9.00. The molecule has 1 N–H and O–H groups in total. The van der Waals surface area contributed by atoms with Crippen molar-refractivity contribution in [3.8, 4) is 0 Å². The second kappa shape index (κ2) is 7.90. The highest BCUT2D eigenvalue weighted by molar-refractivity contribution is 5.97. The summed E-state index contributed by atoms with van der Waals surface area (Å²) in [5.41, 5.74) is 1.25. The molecule has 0 radical (unpaired) electrons. The summed E-state index contributed by atoms with van der Waals surface area (Å²) in [5.74, 6) is -1.02. The molecule has 0 heterocycles. The fourth-order valence-electron chi connectivity index (χ4n) is 1.88. The third-order valence-corrected chi connectivity index (χ3v) is 3.11. The molecule has 1 rings (SSSR count). The van der Waals surface area contributed by atoms with Gasteiger partial charge in [0.25, 0.3) is 5.91 Å². The number of rotatable bonds is 6. The number of Topliss-reactive ketones (excluding diaryl/α,β-unsaturated/α-hetero) is 1. The van der Waals surface area contributed by atoms with Crippen LogP contribution in [0.4, 0.5) is 0 Å². The summed E-state index contributed by atoms with van der Waals surface area (Å²) in [4.78, 5) is 35.6. The van der Waals surface area contributed by atoms with Crippen LogP contribution in [0.15, 0.2) is 24.3 Å². The second-order valence-corrected chi connectivity index (χ2v) is 6.66. The lowest BCUT2D eigenvalue weighted by atomic mass is 10.1. The van der Waals surface area contributed by atoms with Gasteiger partial charge in [0.15, 0.2) is 11.9 Å². The topological polar surface area (TPSA) is 72.5 Å². The average Bonchev–Trinajstić information content (AvgIpc) is 2.43. The molecule has 23 heavy (non-hydrogen) atoms. The fourth-order valence-corrected chi connectivity index (χ4v) is 1.88. The van der Waals surface area contributed by atoms with Crippen LogP contribution in [0.5, 0.6) is 0 Å². The van der Waals surface area contributed by atoms with E-state index in [1.165, 1.54) is 6.92 Å². The Morgan fingerprint density at radius 3 is 2.17 bits per heavy atom. The van der Waals surface area contributed by atoms with Crippen LogP contribution >= 0.6 is 0 Å². The van der Waals surface area contributed by atoms with Crippen molar-refractivity contribution in [2.75, 3.05) is 0 Å². The van der Waals surface area contributed by atoms with Gasteiger partial charge >= 0.3 is 5.97 Å². The molecular weight excluding hydrogens is 294 g/mol. The van der Waals surface area contributed by atoms with E-state index in [4.69, 9.17) is 4.74 Å². The van der Waals surface area contributed by atoms with E-state index in [-0.39, 0.29) is 30.1 Å². The van der Waals surface area contributed by atoms with Gasteiger partial charge in [-0.05, 0) is 34.6 Å². The molecule has 0 aliphatic rings. The van der Waals surface area contributed by atoms with Crippen molar-refractivity contribution >= 4 is 17.7 Å². The monoisotopic (exact) mass is 319 g/mol. The van der Waals surface area contributed by atoms with Gasteiger partial charge < -0.3 is 10.1 Å². The van der Waals surface area contributed by atoms with Gasteiger partial charge in [0.1, 0.15) is 0 Å². The third kappa shape index (κ3) is 7.08. The first kappa shape index (κ1) is 18.9. The Morgan fingerprint density at radius 1 is 1.09 bits per heavy atom. The van der Waals surface area contributed by atoms with Crippen LogP contribution in [-0.2, 0) is 14.3 Å². The number of ketones is 1. The second-order valence-electron chi connectivity index (χ2n) is 6.66. The largest absolute Gasteiger partial charge is 0.453 e. The highest BCUT2D eigenvalue weighted by Gasteiger charge is 2.22. The number of amides is 1. The lowest BCUT2D eigenvalue weighted by molar-refractivity contribution is -0.155. The quantitative estimate of drug-likeness (QED) is 0.646. The van der Waals surface area contributed by atoms with Gasteiger partial charge in [0.05, 0.1) is 6.42 Å². The Balaban J connectivity index is 2.43. The van der Waals surface area contributed by atoms with Gasteiger partial charge in [-0.15, -0.1) is 0 Å². The molecule has 1 atom stereocenters. The molecule has 0 aliphatic heterocycles. The molecule has 126 valence electrons. The summed E-state index contributed by atoms with van der Waals surface area (Å²) < 4.78 is 5.06. The van der Waals surface area contributed by atoms with Crippen LogP contribution in [-0.4, -0.2) is 29.3 Å². The molecule has 0 aliphatic carbocycles. The first-order chi connectivity index (χ1) is 10.6. The van der Waals surface area contributed by atoms with Crippen LogP contribution in [0, 0.1) is 6.92 Å². The number of benzene rings is 1. The molecule has 0 fully saturated rings. The molecule has 1 aromatic rings. The molecule has 0 unspecified atom stereocenters. The molecule has 0 bridgehead atoms. The lowest BCUT2D eigenvalue weighted by Crippen LogP contribution is -2.46. The van der Waals surface area contributed by atoms with Crippen molar-refractivity contribution < 1.29 is 19.1 Å². The smallest absolute Gasteiger partial charge is 0.307 e. The van der Waals surface area contributed by atoms with Crippen molar-refractivity contribution in [2.45, 2.75) is 59.1 Å². The van der Waals surface area contributed by atoms with Gasteiger partial charge in [0, 0.05) is 17.5 Å². The Labute approximate surface area is 137 Å². The molecule has 0 spiro atoms. The van der Waals surface area contributed by atoms with Gasteiger partial charge in [-0.1, -0.05) is 29.8 Å². The number of hydrogen-bond acceptors (Lipinski definition) is 4. The number of nitrogens with one attached hydrogen (secondary N) is 1. The summed E-state index contributed by atoms with van der Waals surface area (Å²) in [6.07, 6.45) is -0.855. The Kier molecular flexibility index (Phi) is 6.49. The van der Waals surface area contributed by atoms with Gasteiger partial charge in [-0.2, -0.15) is 0 Å². The maximum atomic E-state index is 12.0. The average molecular weight is 319 g/mol. The van der Waals surface area contributed by atoms with Gasteiger partial charge in [-0.25, -0.2) is 0 Å². The number of carbonyl (C=O) groups is 3. The maximum absolute atomic E-state index is 12.0. The molecule has 0 saturated carbocycles. The Morgan fingerprint density at radius 2 is 1.65 bits per heavy atom. The standard InChI is InChI=1S/C18H25NO4/c1-12-6-8-14(9-7-12)15(20)10-11-16(21)23-13(2)17(22)19-18(3,4)5/h6-9,13H,10-11H2,1-5H3,(H,19,22)/t13-/m1/s1. The van der Waals surface area contributed by atoms with Crippen molar-refractivity contribution in [1.29, 1.82) is 0 Å². The van der Waals surface area contributed by atoms with E-state index in [0.717, 1.165) is 5.56 Å². The number of carbonyl (C=O) groups excluding carboxylic acids is 3. The molecule has 1 aromatic carbocycles. The zero-order chi connectivity index (χ0) is 17.6. The van der Waals surface area contributed by atoms with E-state index in [1.54, 1.807) is 12.1 Å². The van der Waals surface area contributed by atoms with Crippen molar-refractivity contribution in [3.63, 3.8) is 0 Å². The lowest BCUT2D eigenvalue weighted by Gasteiger charge is -2.23. The number of aryl methyl sites for hydroxylation is 1. The molecule has 0 saturated heterocycles. The predicted molar refractivity (Wildman–Crippen MR) is 88.2 cm³/mol.